The Morgan fingerprint density at radius 1 is 1.00 bits per heavy atom. The van der Waals surface area contributed by atoms with Crippen LogP contribution in [0.3, 0.4) is 0 Å². The van der Waals surface area contributed by atoms with Gasteiger partial charge in [-0.3, -0.25) is 19.2 Å². The predicted molar refractivity (Wildman–Crippen MR) is 132 cm³/mol. The van der Waals surface area contributed by atoms with Crippen LogP contribution in [0, 0.1) is 0 Å². The maximum absolute atomic E-state index is 13.4. The van der Waals surface area contributed by atoms with Crippen molar-refractivity contribution >= 4 is 29.6 Å². The zero-order chi connectivity index (χ0) is 27.7. The van der Waals surface area contributed by atoms with Crippen LogP contribution in [0.15, 0.2) is 36.8 Å². The Labute approximate surface area is 217 Å². The van der Waals surface area contributed by atoms with Gasteiger partial charge in [-0.05, 0) is 37.1 Å². The fraction of sp³-hybridized carbons (Fsp3) is 0.417. The number of hydrogen-bond acceptors (Lipinski definition) is 8. The lowest BCUT2D eigenvalue weighted by Crippen LogP contribution is -2.58. The molecule has 4 atom stereocenters. The SMILES string of the molecule is NC(=O)CC(NC(=O)C(Cc1cnc[nH]1)NC(=O)C(Cc1ccc(O)cc1)NC(=O)C1CCCN1)C(=O)O. The fourth-order valence-electron chi connectivity index (χ4n) is 4.03. The Hall–Kier alpha value is -4.46. The molecule has 204 valence electrons. The van der Waals surface area contributed by atoms with E-state index in [4.69, 9.17) is 5.73 Å². The molecule has 0 spiro atoms. The lowest BCUT2D eigenvalue weighted by atomic mass is 10.0. The van der Waals surface area contributed by atoms with Crippen molar-refractivity contribution in [2.24, 2.45) is 5.73 Å². The van der Waals surface area contributed by atoms with E-state index in [0.29, 0.717) is 24.2 Å². The molecule has 0 bridgehead atoms. The largest absolute Gasteiger partial charge is 0.508 e. The van der Waals surface area contributed by atoms with Crippen LogP contribution in [0.2, 0.25) is 0 Å². The summed E-state index contributed by atoms with van der Waals surface area (Å²) in [5.74, 6) is -4.29. The van der Waals surface area contributed by atoms with Gasteiger partial charge in [-0.25, -0.2) is 9.78 Å². The monoisotopic (exact) mass is 529 g/mol. The van der Waals surface area contributed by atoms with Crippen molar-refractivity contribution in [2.75, 3.05) is 6.54 Å². The predicted octanol–water partition coefficient (Wildman–Crippen LogP) is -1.93. The number of H-pyrrole nitrogens is 1. The topological polar surface area (TPSA) is 229 Å². The molecule has 4 amide bonds. The van der Waals surface area contributed by atoms with E-state index in [1.807, 2.05) is 0 Å². The second-order valence-corrected chi connectivity index (χ2v) is 8.99. The molecule has 1 saturated heterocycles. The third-order valence-electron chi connectivity index (χ3n) is 6.02. The second-order valence-electron chi connectivity index (χ2n) is 8.99. The number of aromatic hydroxyl groups is 1. The van der Waals surface area contributed by atoms with Crippen molar-refractivity contribution in [3.8, 4) is 5.75 Å². The van der Waals surface area contributed by atoms with Gasteiger partial charge in [0.2, 0.25) is 23.6 Å². The number of carboxylic acid groups (broad SMARTS) is 1. The zero-order valence-electron chi connectivity index (χ0n) is 20.5. The molecule has 38 heavy (non-hydrogen) atoms. The van der Waals surface area contributed by atoms with Gasteiger partial charge in [0.1, 0.15) is 23.9 Å². The maximum Gasteiger partial charge on any atom is 0.326 e. The van der Waals surface area contributed by atoms with Gasteiger partial charge in [0.15, 0.2) is 0 Å². The smallest absolute Gasteiger partial charge is 0.326 e. The number of carboxylic acids is 1. The van der Waals surface area contributed by atoms with E-state index in [1.165, 1.54) is 24.7 Å². The number of imidazole rings is 1. The van der Waals surface area contributed by atoms with Crippen LogP contribution < -0.4 is 27.0 Å². The fourth-order valence-corrected chi connectivity index (χ4v) is 4.03. The van der Waals surface area contributed by atoms with Gasteiger partial charge in [0.05, 0.1) is 18.8 Å². The molecule has 1 fully saturated rings. The van der Waals surface area contributed by atoms with Crippen LogP contribution in [0.1, 0.15) is 30.5 Å². The van der Waals surface area contributed by atoms with E-state index in [1.54, 1.807) is 12.1 Å². The number of primary amides is 1. The summed E-state index contributed by atoms with van der Waals surface area (Å²) in [5, 5.41) is 29.6. The summed E-state index contributed by atoms with van der Waals surface area (Å²) < 4.78 is 0. The summed E-state index contributed by atoms with van der Waals surface area (Å²) in [6.45, 7) is 0.676. The van der Waals surface area contributed by atoms with Gasteiger partial charge >= 0.3 is 5.97 Å². The first-order chi connectivity index (χ1) is 18.1. The summed E-state index contributed by atoms with van der Waals surface area (Å²) in [7, 11) is 0. The van der Waals surface area contributed by atoms with E-state index >= 15 is 0 Å². The van der Waals surface area contributed by atoms with Crippen LogP contribution in [0.25, 0.3) is 0 Å². The highest BCUT2D eigenvalue weighted by molar-refractivity contribution is 5.95. The van der Waals surface area contributed by atoms with E-state index in [-0.39, 0.29) is 24.5 Å². The van der Waals surface area contributed by atoms with Crippen molar-refractivity contribution in [3.05, 3.63) is 48.0 Å². The maximum atomic E-state index is 13.4. The molecule has 3 rings (SSSR count). The van der Waals surface area contributed by atoms with Crippen LogP contribution in [0.4, 0.5) is 0 Å². The number of aromatic nitrogens is 2. The van der Waals surface area contributed by atoms with Crippen LogP contribution >= 0.6 is 0 Å². The summed E-state index contributed by atoms with van der Waals surface area (Å²) in [6.07, 6.45) is 3.58. The highest BCUT2D eigenvalue weighted by Crippen LogP contribution is 2.13. The first-order valence-electron chi connectivity index (χ1n) is 12.0. The van der Waals surface area contributed by atoms with Crippen LogP contribution in [0.5, 0.6) is 5.75 Å². The number of benzene rings is 1. The number of carbonyl (C=O) groups is 5. The number of nitrogens with one attached hydrogen (secondary N) is 5. The summed E-state index contributed by atoms with van der Waals surface area (Å²) in [5.41, 5.74) is 6.21. The van der Waals surface area contributed by atoms with Gasteiger partial charge in [0, 0.05) is 24.7 Å². The normalized spacial score (nSPS) is 17.1. The molecule has 0 radical (unpaired) electrons. The highest BCUT2D eigenvalue weighted by atomic mass is 16.4. The number of aliphatic carboxylic acids is 1. The van der Waals surface area contributed by atoms with Gasteiger partial charge in [0.25, 0.3) is 0 Å². The Kier molecular flexibility index (Phi) is 9.76. The van der Waals surface area contributed by atoms with E-state index < -0.39 is 54.3 Å². The second kappa shape index (κ2) is 13.2. The van der Waals surface area contributed by atoms with E-state index in [9.17, 15) is 34.2 Å². The molecule has 4 unspecified atom stereocenters. The molecular weight excluding hydrogens is 498 g/mol. The lowest BCUT2D eigenvalue weighted by Gasteiger charge is -2.25. The first-order valence-corrected chi connectivity index (χ1v) is 12.0. The Balaban J connectivity index is 1.80. The number of nitrogens with zero attached hydrogens (tertiary/aromatic N) is 1. The number of carbonyl (C=O) groups excluding carboxylic acids is 4. The molecule has 1 aliphatic heterocycles. The van der Waals surface area contributed by atoms with Gasteiger partial charge in [-0.15, -0.1) is 0 Å². The lowest BCUT2D eigenvalue weighted by molar-refractivity contribution is -0.143. The van der Waals surface area contributed by atoms with Gasteiger partial charge < -0.3 is 42.2 Å². The summed E-state index contributed by atoms with van der Waals surface area (Å²) in [4.78, 5) is 68.7. The molecule has 0 aliphatic carbocycles. The molecule has 0 saturated carbocycles. The van der Waals surface area contributed by atoms with Crippen LogP contribution in [-0.2, 0) is 36.8 Å². The number of rotatable bonds is 13. The molecule has 1 aromatic heterocycles. The first kappa shape index (κ1) is 28.1. The highest BCUT2D eigenvalue weighted by Gasteiger charge is 2.32. The molecule has 2 aromatic rings. The quantitative estimate of drug-likeness (QED) is 0.144. The van der Waals surface area contributed by atoms with Crippen molar-refractivity contribution < 1.29 is 34.2 Å². The summed E-state index contributed by atoms with van der Waals surface area (Å²) in [6, 6.07) is 1.68. The van der Waals surface area contributed by atoms with E-state index in [2.05, 4.69) is 31.2 Å². The van der Waals surface area contributed by atoms with Gasteiger partial charge in [-0.2, -0.15) is 0 Å². The molecule has 9 N–H and O–H groups in total. The van der Waals surface area contributed by atoms with Crippen LogP contribution in [-0.4, -0.2) is 80.5 Å². The summed E-state index contributed by atoms with van der Waals surface area (Å²) >= 11 is 0. The molecule has 1 aromatic carbocycles. The van der Waals surface area contributed by atoms with Gasteiger partial charge in [-0.1, -0.05) is 12.1 Å². The molecule has 1 aliphatic rings. The minimum atomic E-state index is -1.60. The minimum absolute atomic E-state index is 0.0363. The van der Waals surface area contributed by atoms with Crippen molar-refractivity contribution in [2.45, 2.75) is 56.3 Å². The standard InChI is InChI=1S/C24H31N7O7/c25-20(33)10-19(24(37)38)31-23(36)18(9-14-11-26-12-28-14)30-22(35)17(8-13-3-5-15(32)6-4-13)29-21(34)16-2-1-7-27-16/h3-6,11-12,16-19,27,32H,1-2,7-10H2,(H2,25,33)(H,26,28)(H,29,34)(H,30,35)(H,31,36)(H,37,38). The number of aromatic amines is 1. The average molecular weight is 530 g/mol. The molecule has 14 heteroatoms. The molecule has 2 heterocycles. The average Bonchev–Trinajstić information content (AvgIpc) is 3.58. The Morgan fingerprint density at radius 2 is 1.66 bits per heavy atom. The van der Waals surface area contributed by atoms with E-state index in [0.717, 1.165) is 6.42 Å². The number of nitrogens with two attached hydrogens (primary N) is 1. The Bertz CT molecular complexity index is 1130. The van der Waals surface area contributed by atoms with Crippen molar-refractivity contribution in [3.63, 3.8) is 0 Å². The number of hydrogen-bond donors (Lipinski definition) is 8. The number of phenols is 1. The van der Waals surface area contributed by atoms with Crippen molar-refractivity contribution in [1.82, 2.24) is 31.2 Å². The molecular formula is C24H31N7O7. The number of phenolic OH excluding ortho intramolecular Hbond substituents is 1. The minimum Gasteiger partial charge on any atom is -0.508 e. The zero-order valence-corrected chi connectivity index (χ0v) is 20.5. The number of amides is 4. The third kappa shape index (κ3) is 8.30. The molecule has 14 nitrogen and oxygen atoms in total. The Morgan fingerprint density at radius 3 is 2.21 bits per heavy atom. The van der Waals surface area contributed by atoms with Crippen molar-refractivity contribution in [1.29, 1.82) is 0 Å². The third-order valence-corrected chi connectivity index (χ3v) is 6.02.